The van der Waals surface area contributed by atoms with E-state index in [2.05, 4.69) is 31.6 Å². The molecule has 0 spiro atoms. The van der Waals surface area contributed by atoms with Crippen molar-refractivity contribution in [2.24, 2.45) is 4.99 Å². The molecule has 134 valence electrons. The lowest BCUT2D eigenvalue weighted by atomic mass is 10.2. The second-order valence-electron chi connectivity index (χ2n) is 5.51. The van der Waals surface area contributed by atoms with Crippen LogP contribution >= 0.6 is 27.3 Å². The lowest BCUT2D eigenvalue weighted by molar-refractivity contribution is 0.475. The minimum absolute atomic E-state index is 0.191. The molecule has 0 aliphatic heterocycles. The van der Waals surface area contributed by atoms with Crippen LogP contribution in [0.3, 0.4) is 0 Å². The second-order valence-corrected chi connectivity index (χ2v) is 7.45. The van der Waals surface area contributed by atoms with Crippen LogP contribution in [0.5, 0.6) is 5.75 Å². The van der Waals surface area contributed by atoms with Gasteiger partial charge in [-0.1, -0.05) is 22.0 Å². The van der Waals surface area contributed by atoms with Crippen LogP contribution in [0.2, 0.25) is 0 Å². The van der Waals surface area contributed by atoms with E-state index in [1.165, 1.54) is 10.9 Å². The van der Waals surface area contributed by atoms with E-state index in [4.69, 9.17) is 0 Å². The Balaban J connectivity index is 1.76. The van der Waals surface area contributed by atoms with Crippen LogP contribution in [0.4, 0.5) is 10.1 Å². The quantitative estimate of drug-likeness (QED) is 0.297. The Hall–Kier alpha value is -2.38. The van der Waals surface area contributed by atoms with Crippen molar-refractivity contribution >= 4 is 38.9 Å². The maximum atomic E-state index is 13.9. The number of rotatable bonds is 5. The van der Waals surface area contributed by atoms with Gasteiger partial charge in [0, 0.05) is 20.6 Å². The first-order chi connectivity index (χ1) is 12.6. The number of phenols is 1. The molecule has 1 aromatic heterocycles. The third-order valence-corrected chi connectivity index (χ3v) is 4.93. The summed E-state index contributed by atoms with van der Waals surface area (Å²) in [6.07, 6.45) is 0. The fourth-order valence-electron chi connectivity index (χ4n) is 2.23. The van der Waals surface area contributed by atoms with Crippen molar-refractivity contribution in [1.29, 1.82) is 0 Å². The van der Waals surface area contributed by atoms with Crippen LogP contribution in [0.15, 0.2) is 69.4 Å². The molecule has 3 N–H and O–H groups in total. The molecule has 0 amide bonds. The Morgan fingerprint density at radius 1 is 1.15 bits per heavy atom. The van der Waals surface area contributed by atoms with Gasteiger partial charge in [-0.3, -0.25) is 0 Å². The highest BCUT2D eigenvalue weighted by Gasteiger charge is 2.05. The monoisotopic (exact) mass is 433 g/mol. The number of thiophene rings is 1. The lowest BCUT2D eigenvalue weighted by Gasteiger charge is -2.12. The molecule has 0 aliphatic carbocycles. The van der Waals surface area contributed by atoms with E-state index >= 15 is 0 Å². The van der Waals surface area contributed by atoms with E-state index < -0.39 is 0 Å². The van der Waals surface area contributed by atoms with Gasteiger partial charge in [-0.15, -0.1) is 11.3 Å². The van der Waals surface area contributed by atoms with Crippen molar-refractivity contribution in [3.05, 3.63) is 80.7 Å². The third kappa shape index (κ3) is 5.31. The van der Waals surface area contributed by atoms with Crippen LogP contribution in [-0.2, 0) is 13.1 Å². The molecule has 7 heteroatoms. The smallest absolute Gasteiger partial charge is 0.196 e. The minimum Gasteiger partial charge on any atom is -0.508 e. The van der Waals surface area contributed by atoms with Gasteiger partial charge in [-0.25, -0.2) is 9.38 Å². The number of hydrogen-bond donors (Lipinski definition) is 3. The molecule has 3 aromatic rings. The zero-order chi connectivity index (χ0) is 18.4. The molecule has 0 atom stereocenters. The van der Waals surface area contributed by atoms with Crippen LogP contribution < -0.4 is 10.6 Å². The van der Waals surface area contributed by atoms with Crippen LogP contribution in [0.1, 0.15) is 10.4 Å². The molecule has 0 radical (unpaired) electrons. The summed E-state index contributed by atoms with van der Waals surface area (Å²) in [7, 11) is 0. The topological polar surface area (TPSA) is 56.6 Å². The van der Waals surface area contributed by atoms with Crippen LogP contribution in [0.25, 0.3) is 0 Å². The predicted molar refractivity (Wildman–Crippen MR) is 108 cm³/mol. The molecule has 0 fully saturated rings. The molecule has 2 aromatic carbocycles. The number of guanidine groups is 1. The molecule has 26 heavy (non-hydrogen) atoms. The van der Waals surface area contributed by atoms with Crippen molar-refractivity contribution in [1.82, 2.24) is 5.32 Å². The molecule has 0 saturated carbocycles. The minimum atomic E-state index is -0.292. The summed E-state index contributed by atoms with van der Waals surface area (Å²) in [6, 6.07) is 15.5. The maximum absolute atomic E-state index is 13.9. The molecule has 0 unspecified atom stereocenters. The summed E-state index contributed by atoms with van der Waals surface area (Å²) in [5.74, 6) is 0.430. The van der Waals surface area contributed by atoms with Crippen molar-refractivity contribution < 1.29 is 9.50 Å². The van der Waals surface area contributed by atoms with E-state index in [1.54, 1.807) is 47.7 Å². The highest BCUT2D eigenvalue weighted by atomic mass is 79.9. The Kier molecular flexibility index (Phi) is 6.25. The highest BCUT2D eigenvalue weighted by Crippen LogP contribution is 2.17. The van der Waals surface area contributed by atoms with Crippen LogP contribution in [-0.4, -0.2) is 11.1 Å². The first-order valence-corrected chi connectivity index (χ1v) is 9.58. The van der Waals surface area contributed by atoms with E-state index in [-0.39, 0.29) is 18.1 Å². The van der Waals surface area contributed by atoms with Gasteiger partial charge in [-0.2, -0.15) is 0 Å². The summed E-state index contributed by atoms with van der Waals surface area (Å²) in [5, 5.41) is 17.8. The number of anilines is 1. The second kappa shape index (κ2) is 8.82. The zero-order valence-electron chi connectivity index (χ0n) is 13.7. The summed E-state index contributed by atoms with van der Waals surface area (Å²) in [4.78, 5) is 5.65. The van der Waals surface area contributed by atoms with Crippen molar-refractivity contribution in [3.63, 3.8) is 0 Å². The number of hydrogen-bond acceptors (Lipinski definition) is 3. The average molecular weight is 434 g/mol. The van der Waals surface area contributed by atoms with E-state index in [0.717, 1.165) is 10.2 Å². The van der Waals surface area contributed by atoms with Crippen LogP contribution in [0, 0.1) is 5.82 Å². The Labute approximate surface area is 163 Å². The molecule has 0 aliphatic rings. The first kappa shape index (κ1) is 18.4. The van der Waals surface area contributed by atoms with E-state index in [9.17, 15) is 9.50 Å². The van der Waals surface area contributed by atoms with E-state index in [1.807, 2.05) is 17.5 Å². The molecule has 0 saturated heterocycles. The molecule has 4 nitrogen and oxygen atoms in total. The fraction of sp³-hybridized carbons (Fsp3) is 0.105. The Morgan fingerprint density at radius 3 is 2.69 bits per heavy atom. The van der Waals surface area contributed by atoms with Gasteiger partial charge in [-0.05, 0) is 53.9 Å². The number of nitrogens with one attached hydrogen (secondary N) is 2. The number of halogens is 2. The summed E-state index contributed by atoms with van der Waals surface area (Å²) in [6.45, 7) is 0.811. The van der Waals surface area contributed by atoms with Gasteiger partial charge >= 0.3 is 0 Å². The lowest BCUT2D eigenvalue weighted by Crippen LogP contribution is -2.30. The maximum Gasteiger partial charge on any atom is 0.196 e. The van der Waals surface area contributed by atoms with Gasteiger partial charge in [0.15, 0.2) is 5.96 Å². The SMILES string of the molecule is Oc1ccc(NC(=NCc2cc(Br)ccc2F)NCc2cccs2)cc1. The van der Waals surface area contributed by atoms with Crippen molar-refractivity contribution in [2.45, 2.75) is 13.1 Å². The fourth-order valence-corrected chi connectivity index (χ4v) is 3.29. The predicted octanol–water partition coefficient (Wildman–Crippen LogP) is 5.11. The highest BCUT2D eigenvalue weighted by molar-refractivity contribution is 9.10. The molecule has 1 heterocycles. The Bertz CT molecular complexity index is 882. The standard InChI is InChI=1S/C19H17BrFN3OS/c20-14-3-8-18(21)13(10-14)11-22-19(23-12-17-2-1-9-26-17)24-15-4-6-16(25)7-5-15/h1-10,25H,11-12H2,(H2,22,23,24). The number of phenolic OH excluding ortho intramolecular Hbond substituents is 1. The summed E-state index contributed by atoms with van der Waals surface area (Å²) >= 11 is 5.00. The third-order valence-electron chi connectivity index (χ3n) is 3.56. The molecule has 3 rings (SSSR count). The Morgan fingerprint density at radius 2 is 1.96 bits per heavy atom. The zero-order valence-corrected chi connectivity index (χ0v) is 16.1. The molecular formula is C19H17BrFN3OS. The largest absolute Gasteiger partial charge is 0.508 e. The summed E-state index contributed by atoms with van der Waals surface area (Å²) in [5.41, 5.74) is 1.28. The normalized spacial score (nSPS) is 11.4. The summed E-state index contributed by atoms with van der Waals surface area (Å²) < 4.78 is 14.8. The van der Waals surface area contributed by atoms with Crippen molar-refractivity contribution in [3.8, 4) is 5.75 Å². The molecular weight excluding hydrogens is 417 g/mol. The van der Waals surface area contributed by atoms with Gasteiger partial charge < -0.3 is 15.7 Å². The average Bonchev–Trinajstić information content (AvgIpc) is 3.15. The van der Waals surface area contributed by atoms with E-state index in [0.29, 0.717) is 18.1 Å². The number of aliphatic imine (C=N–C) groups is 1. The van der Waals surface area contributed by atoms with Gasteiger partial charge in [0.05, 0.1) is 13.1 Å². The first-order valence-electron chi connectivity index (χ1n) is 7.91. The van der Waals surface area contributed by atoms with Crippen molar-refractivity contribution in [2.75, 3.05) is 5.32 Å². The van der Waals surface area contributed by atoms with Gasteiger partial charge in [0.2, 0.25) is 0 Å². The number of benzene rings is 2. The number of aromatic hydroxyl groups is 1. The van der Waals surface area contributed by atoms with Gasteiger partial charge in [0.25, 0.3) is 0 Å². The number of nitrogens with zero attached hydrogens (tertiary/aromatic N) is 1. The van der Waals surface area contributed by atoms with Gasteiger partial charge in [0.1, 0.15) is 11.6 Å². The molecule has 0 bridgehead atoms.